The molecule has 0 bridgehead atoms. The lowest BCUT2D eigenvalue weighted by Gasteiger charge is -2.35. The number of ether oxygens (including phenoxy) is 1. The summed E-state index contributed by atoms with van der Waals surface area (Å²) in [5, 5.41) is 1.94. The van der Waals surface area contributed by atoms with Gasteiger partial charge in [-0.15, -0.1) is 0 Å². The second-order valence-corrected chi connectivity index (χ2v) is 7.65. The van der Waals surface area contributed by atoms with Crippen molar-refractivity contribution in [3.63, 3.8) is 0 Å². The maximum Gasteiger partial charge on any atom is 0.410 e. The molecule has 1 aliphatic heterocycles. The highest BCUT2D eigenvalue weighted by Crippen LogP contribution is 2.17. The summed E-state index contributed by atoms with van der Waals surface area (Å²) in [4.78, 5) is 40.3. The van der Waals surface area contributed by atoms with Gasteiger partial charge in [-0.05, 0) is 37.6 Å². The van der Waals surface area contributed by atoms with Crippen molar-refractivity contribution in [3.8, 4) is 0 Å². The molecule has 0 radical (unpaired) electrons. The monoisotopic (exact) mass is 368 g/mol. The SMILES string of the molecule is CC(C)(C)OC(=O)N1CCN(C(=O)C(=O)c2ccc3ccccc3c2)CC1. The Morgan fingerprint density at radius 3 is 2.07 bits per heavy atom. The number of carbonyl (C=O) groups is 3. The normalized spacial score (nSPS) is 14.9. The van der Waals surface area contributed by atoms with Crippen LogP contribution in [0.5, 0.6) is 0 Å². The Balaban J connectivity index is 1.63. The van der Waals surface area contributed by atoms with Crippen molar-refractivity contribution in [1.82, 2.24) is 9.80 Å². The van der Waals surface area contributed by atoms with Crippen LogP contribution in [0.25, 0.3) is 10.8 Å². The van der Waals surface area contributed by atoms with E-state index in [1.165, 1.54) is 4.90 Å². The summed E-state index contributed by atoms with van der Waals surface area (Å²) >= 11 is 0. The number of amides is 2. The number of Topliss-reactive ketones (excluding diaryl/α,β-unsaturated/α-hetero) is 1. The van der Waals surface area contributed by atoms with E-state index < -0.39 is 23.4 Å². The number of piperazine rings is 1. The van der Waals surface area contributed by atoms with E-state index in [1.54, 1.807) is 17.0 Å². The number of rotatable bonds is 2. The first-order valence-electron chi connectivity index (χ1n) is 9.05. The number of nitrogens with zero attached hydrogens (tertiary/aromatic N) is 2. The second-order valence-electron chi connectivity index (χ2n) is 7.65. The standard InChI is InChI=1S/C21H24N2O4/c1-21(2,3)27-20(26)23-12-10-22(11-13-23)19(25)18(24)17-9-8-15-6-4-5-7-16(15)14-17/h4-9,14H,10-13H2,1-3H3. The molecule has 0 atom stereocenters. The number of carbonyl (C=O) groups excluding carboxylic acids is 3. The molecular formula is C21H24N2O4. The van der Waals surface area contributed by atoms with Crippen LogP contribution < -0.4 is 0 Å². The quantitative estimate of drug-likeness (QED) is 0.603. The average Bonchev–Trinajstić information content (AvgIpc) is 2.65. The van der Waals surface area contributed by atoms with Gasteiger partial charge in [0.2, 0.25) is 5.78 Å². The van der Waals surface area contributed by atoms with Gasteiger partial charge in [0, 0.05) is 31.7 Å². The highest BCUT2D eigenvalue weighted by atomic mass is 16.6. The van der Waals surface area contributed by atoms with Gasteiger partial charge in [0.25, 0.3) is 5.91 Å². The molecule has 6 nitrogen and oxygen atoms in total. The van der Waals surface area contributed by atoms with Crippen molar-refractivity contribution in [2.45, 2.75) is 26.4 Å². The molecule has 1 fully saturated rings. The third-order valence-electron chi connectivity index (χ3n) is 4.42. The van der Waals surface area contributed by atoms with Gasteiger partial charge in [-0.25, -0.2) is 4.79 Å². The number of ketones is 1. The second kappa shape index (κ2) is 7.39. The topological polar surface area (TPSA) is 66.9 Å². The van der Waals surface area contributed by atoms with Crippen LogP contribution in [0.4, 0.5) is 4.79 Å². The number of benzene rings is 2. The third-order valence-corrected chi connectivity index (χ3v) is 4.42. The maximum atomic E-state index is 12.6. The highest BCUT2D eigenvalue weighted by Gasteiger charge is 2.30. The molecular weight excluding hydrogens is 344 g/mol. The summed E-state index contributed by atoms with van der Waals surface area (Å²) < 4.78 is 5.35. The van der Waals surface area contributed by atoms with E-state index in [1.807, 2.05) is 51.1 Å². The molecule has 2 aromatic carbocycles. The number of hydrogen-bond acceptors (Lipinski definition) is 4. The summed E-state index contributed by atoms with van der Waals surface area (Å²) in [7, 11) is 0. The Labute approximate surface area is 158 Å². The van der Waals surface area contributed by atoms with Crippen LogP contribution in [-0.2, 0) is 9.53 Å². The van der Waals surface area contributed by atoms with E-state index in [0.717, 1.165) is 10.8 Å². The van der Waals surface area contributed by atoms with Gasteiger partial charge in [0.1, 0.15) is 5.60 Å². The minimum Gasteiger partial charge on any atom is -0.444 e. The van der Waals surface area contributed by atoms with Gasteiger partial charge in [-0.1, -0.05) is 36.4 Å². The smallest absolute Gasteiger partial charge is 0.410 e. The van der Waals surface area contributed by atoms with Crippen molar-refractivity contribution in [1.29, 1.82) is 0 Å². The number of hydrogen-bond donors (Lipinski definition) is 0. The molecule has 0 unspecified atom stereocenters. The van der Waals surface area contributed by atoms with E-state index in [4.69, 9.17) is 4.74 Å². The molecule has 3 rings (SSSR count). The fourth-order valence-corrected chi connectivity index (χ4v) is 3.02. The lowest BCUT2D eigenvalue weighted by molar-refractivity contribution is -0.128. The number of fused-ring (bicyclic) bond motifs is 1. The molecule has 1 saturated heterocycles. The molecule has 2 aromatic rings. The van der Waals surface area contributed by atoms with E-state index >= 15 is 0 Å². The van der Waals surface area contributed by atoms with Crippen molar-refractivity contribution in [2.24, 2.45) is 0 Å². The lowest BCUT2D eigenvalue weighted by atomic mass is 10.0. The van der Waals surface area contributed by atoms with Gasteiger partial charge in [0.05, 0.1) is 0 Å². The first-order chi connectivity index (χ1) is 12.7. The van der Waals surface area contributed by atoms with E-state index in [-0.39, 0.29) is 0 Å². The molecule has 6 heteroatoms. The van der Waals surface area contributed by atoms with Crippen LogP contribution in [0.2, 0.25) is 0 Å². The minimum absolute atomic E-state index is 0.317. The Morgan fingerprint density at radius 1 is 0.852 bits per heavy atom. The third kappa shape index (κ3) is 4.45. The zero-order valence-corrected chi connectivity index (χ0v) is 15.9. The van der Waals surface area contributed by atoms with E-state index in [0.29, 0.717) is 31.7 Å². The fourth-order valence-electron chi connectivity index (χ4n) is 3.02. The minimum atomic E-state index is -0.559. The van der Waals surface area contributed by atoms with Crippen LogP contribution in [0.1, 0.15) is 31.1 Å². The Bertz CT molecular complexity index is 877. The van der Waals surface area contributed by atoms with Crippen LogP contribution in [0.3, 0.4) is 0 Å². The molecule has 1 heterocycles. The van der Waals surface area contributed by atoms with Gasteiger partial charge >= 0.3 is 6.09 Å². The van der Waals surface area contributed by atoms with Crippen molar-refractivity contribution in [3.05, 3.63) is 48.0 Å². The van der Waals surface area contributed by atoms with E-state index in [9.17, 15) is 14.4 Å². The van der Waals surface area contributed by atoms with Gasteiger partial charge in [-0.2, -0.15) is 0 Å². The van der Waals surface area contributed by atoms with Crippen molar-refractivity contribution < 1.29 is 19.1 Å². The van der Waals surface area contributed by atoms with Crippen molar-refractivity contribution in [2.75, 3.05) is 26.2 Å². The molecule has 0 aliphatic carbocycles. The molecule has 0 aromatic heterocycles. The Morgan fingerprint density at radius 2 is 1.44 bits per heavy atom. The molecule has 27 heavy (non-hydrogen) atoms. The Hall–Kier alpha value is -2.89. The summed E-state index contributed by atoms with van der Waals surface area (Å²) in [6, 6.07) is 13.0. The predicted molar refractivity (Wildman–Crippen MR) is 103 cm³/mol. The van der Waals surface area contributed by atoms with Gasteiger partial charge in [0.15, 0.2) is 0 Å². The lowest BCUT2D eigenvalue weighted by Crippen LogP contribution is -2.53. The molecule has 0 saturated carbocycles. The van der Waals surface area contributed by atoms with Gasteiger partial charge in [-0.3, -0.25) is 9.59 Å². The first-order valence-corrected chi connectivity index (χ1v) is 9.05. The van der Waals surface area contributed by atoms with Crippen LogP contribution in [0.15, 0.2) is 42.5 Å². The Kier molecular flexibility index (Phi) is 5.17. The maximum absolute atomic E-state index is 12.6. The average molecular weight is 368 g/mol. The van der Waals surface area contributed by atoms with Gasteiger partial charge < -0.3 is 14.5 Å². The fraction of sp³-hybridized carbons (Fsp3) is 0.381. The van der Waals surface area contributed by atoms with Crippen LogP contribution in [0, 0.1) is 0 Å². The summed E-state index contributed by atoms with van der Waals surface area (Å²) in [6.07, 6.45) is -0.393. The first kappa shape index (κ1) is 18.9. The molecule has 2 amide bonds. The molecule has 0 N–H and O–H groups in total. The predicted octanol–water partition coefficient (Wildman–Crippen LogP) is 3.10. The highest BCUT2D eigenvalue weighted by molar-refractivity contribution is 6.43. The molecule has 0 spiro atoms. The molecule has 1 aliphatic rings. The summed E-state index contributed by atoms with van der Waals surface area (Å²) in [5.74, 6) is -1.06. The van der Waals surface area contributed by atoms with Crippen molar-refractivity contribution >= 4 is 28.6 Å². The van der Waals surface area contributed by atoms with Crippen LogP contribution >= 0.6 is 0 Å². The zero-order valence-electron chi connectivity index (χ0n) is 15.9. The largest absolute Gasteiger partial charge is 0.444 e. The zero-order chi connectivity index (χ0) is 19.6. The van der Waals surface area contributed by atoms with E-state index in [2.05, 4.69) is 0 Å². The molecule has 142 valence electrons. The summed E-state index contributed by atoms with van der Waals surface area (Å²) in [5.41, 5.74) is -0.177. The van der Waals surface area contributed by atoms with Crippen LogP contribution in [-0.4, -0.2) is 59.4 Å². The summed E-state index contributed by atoms with van der Waals surface area (Å²) in [6.45, 7) is 6.78.